The number of aromatic nitrogens is 4. The van der Waals surface area contributed by atoms with E-state index in [9.17, 15) is 8.42 Å². The molecule has 1 aromatic carbocycles. The van der Waals surface area contributed by atoms with Gasteiger partial charge in [0.25, 0.3) is 0 Å². The second kappa shape index (κ2) is 5.68. The Hall–Kier alpha value is -1.80. The van der Waals surface area contributed by atoms with Crippen LogP contribution in [0.4, 0.5) is 0 Å². The highest BCUT2D eigenvalue weighted by atomic mass is 32.2. The zero-order valence-corrected chi connectivity index (χ0v) is 14.1. The first-order chi connectivity index (χ1) is 11.1. The van der Waals surface area contributed by atoms with Gasteiger partial charge in [0.15, 0.2) is 15.7 Å². The monoisotopic (exact) mass is 348 g/mol. The van der Waals surface area contributed by atoms with Crippen molar-refractivity contribution in [3.05, 3.63) is 46.7 Å². The molecular formula is C15H16N4O2S2. The second-order valence-corrected chi connectivity index (χ2v) is 9.21. The lowest BCUT2D eigenvalue weighted by Crippen LogP contribution is -2.08. The van der Waals surface area contributed by atoms with Gasteiger partial charge in [-0.25, -0.2) is 8.42 Å². The molecule has 23 heavy (non-hydrogen) atoms. The van der Waals surface area contributed by atoms with Crippen molar-refractivity contribution in [1.82, 2.24) is 19.8 Å². The van der Waals surface area contributed by atoms with Gasteiger partial charge in [-0.15, -0.1) is 10.2 Å². The number of rotatable bonds is 4. The number of hydrogen-bond acceptors (Lipinski definition) is 6. The Bertz CT molecular complexity index is 931. The third kappa shape index (κ3) is 3.13. The first kappa shape index (κ1) is 14.8. The van der Waals surface area contributed by atoms with Crippen molar-refractivity contribution in [2.24, 2.45) is 5.92 Å². The summed E-state index contributed by atoms with van der Waals surface area (Å²) in [7, 11) is -2.84. The van der Waals surface area contributed by atoms with Crippen molar-refractivity contribution in [2.45, 2.75) is 19.3 Å². The van der Waals surface area contributed by atoms with Crippen molar-refractivity contribution in [2.75, 3.05) is 11.5 Å². The van der Waals surface area contributed by atoms with E-state index >= 15 is 0 Å². The number of hydrogen-bond donors (Lipinski definition) is 0. The molecule has 4 rings (SSSR count). The van der Waals surface area contributed by atoms with Crippen LogP contribution in [-0.4, -0.2) is 39.7 Å². The Morgan fingerprint density at radius 2 is 2.04 bits per heavy atom. The molecule has 120 valence electrons. The van der Waals surface area contributed by atoms with Gasteiger partial charge >= 0.3 is 0 Å². The molecule has 3 aromatic rings. The molecule has 6 nitrogen and oxygen atoms in total. The van der Waals surface area contributed by atoms with Crippen LogP contribution in [-0.2, 0) is 22.7 Å². The maximum Gasteiger partial charge on any atom is 0.234 e. The number of benzene rings is 1. The molecule has 0 radical (unpaired) electrons. The summed E-state index contributed by atoms with van der Waals surface area (Å²) in [6.45, 7) is 0. The molecule has 2 aromatic heterocycles. The minimum Gasteiger partial charge on any atom is -0.229 e. The lowest BCUT2D eigenvalue weighted by molar-refractivity contribution is 0.578. The van der Waals surface area contributed by atoms with Gasteiger partial charge in [-0.3, -0.25) is 0 Å². The highest BCUT2D eigenvalue weighted by Gasteiger charge is 2.29. The van der Waals surface area contributed by atoms with Crippen molar-refractivity contribution in [3.63, 3.8) is 0 Å². The predicted molar refractivity (Wildman–Crippen MR) is 88.4 cm³/mol. The molecule has 1 aliphatic heterocycles. The van der Waals surface area contributed by atoms with Crippen LogP contribution in [0, 0.1) is 5.92 Å². The van der Waals surface area contributed by atoms with Crippen LogP contribution in [0.15, 0.2) is 30.3 Å². The van der Waals surface area contributed by atoms with Crippen molar-refractivity contribution in [3.8, 4) is 0 Å². The van der Waals surface area contributed by atoms with E-state index in [-0.39, 0.29) is 11.7 Å². The van der Waals surface area contributed by atoms with Crippen molar-refractivity contribution < 1.29 is 8.42 Å². The number of fused-ring (bicyclic) bond motifs is 1. The molecule has 0 aliphatic carbocycles. The largest absolute Gasteiger partial charge is 0.234 e. The molecule has 1 fully saturated rings. The number of sulfone groups is 1. The first-order valence-electron chi connectivity index (χ1n) is 7.53. The second-order valence-electron chi connectivity index (χ2n) is 5.94. The average molecular weight is 348 g/mol. The predicted octanol–water partition coefficient (Wildman–Crippen LogP) is 1.75. The van der Waals surface area contributed by atoms with Gasteiger partial charge in [-0.05, 0) is 17.9 Å². The fourth-order valence-electron chi connectivity index (χ4n) is 2.95. The molecule has 0 bridgehead atoms. The maximum absolute atomic E-state index is 11.6. The van der Waals surface area contributed by atoms with E-state index in [2.05, 4.69) is 27.4 Å². The summed E-state index contributed by atoms with van der Waals surface area (Å²) in [5.74, 6) is 1.58. The summed E-state index contributed by atoms with van der Waals surface area (Å²) in [5, 5.41) is 13.9. The Morgan fingerprint density at radius 1 is 1.22 bits per heavy atom. The molecule has 8 heteroatoms. The molecule has 0 unspecified atom stereocenters. The molecule has 1 saturated heterocycles. The number of nitrogens with zero attached hydrogens (tertiary/aromatic N) is 4. The molecule has 0 spiro atoms. The maximum atomic E-state index is 11.6. The van der Waals surface area contributed by atoms with E-state index in [1.54, 1.807) is 4.52 Å². The van der Waals surface area contributed by atoms with Gasteiger partial charge < -0.3 is 0 Å². The van der Waals surface area contributed by atoms with Crippen LogP contribution < -0.4 is 0 Å². The zero-order valence-electron chi connectivity index (χ0n) is 12.4. The average Bonchev–Trinajstić information content (AvgIpc) is 3.17. The van der Waals surface area contributed by atoms with E-state index in [1.165, 1.54) is 16.9 Å². The van der Waals surface area contributed by atoms with Gasteiger partial charge in [0, 0.05) is 12.8 Å². The summed E-state index contributed by atoms with van der Waals surface area (Å²) >= 11 is 1.50. The Balaban J connectivity index is 1.55. The molecule has 1 aliphatic rings. The highest BCUT2D eigenvalue weighted by molar-refractivity contribution is 7.91. The third-order valence-corrected chi connectivity index (χ3v) is 6.85. The minimum atomic E-state index is -2.84. The van der Waals surface area contributed by atoms with Gasteiger partial charge in [0.1, 0.15) is 5.01 Å². The van der Waals surface area contributed by atoms with Gasteiger partial charge in [0.05, 0.1) is 11.5 Å². The normalized spacial score (nSPS) is 20.3. The van der Waals surface area contributed by atoms with Crippen LogP contribution in [0.25, 0.3) is 4.96 Å². The smallest absolute Gasteiger partial charge is 0.229 e. The SMILES string of the molecule is O=S1(=O)CC[C@@H](Cc2nn3c(Cc4ccccc4)nnc3s2)C1. The highest BCUT2D eigenvalue weighted by Crippen LogP contribution is 2.25. The van der Waals surface area contributed by atoms with E-state index in [0.29, 0.717) is 18.6 Å². The summed E-state index contributed by atoms with van der Waals surface area (Å²) in [4.78, 5) is 0.770. The first-order valence-corrected chi connectivity index (χ1v) is 10.2. The lowest BCUT2D eigenvalue weighted by Gasteiger charge is -2.02. The van der Waals surface area contributed by atoms with Crippen LogP contribution in [0.2, 0.25) is 0 Å². The van der Waals surface area contributed by atoms with Gasteiger partial charge in [-0.1, -0.05) is 41.7 Å². The van der Waals surface area contributed by atoms with E-state index < -0.39 is 9.84 Å². The fraction of sp³-hybridized carbons (Fsp3) is 0.400. The Labute approximate surface area is 138 Å². The fourth-order valence-corrected chi connectivity index (χ4v) is 5.78. The van der Waals surface area contributed by atoms with Crippen LogP contribution in [0.3, 0.4) is 0 Å². The quantitative estimate of drug-likeness (QED) is 0.718. The van der Waals surface area contributed by atoms with Crippen LogP contribution in [0.1, 0.15) is 22.8 Å². The molecule has 1 atom stereocenters. The minimum absolute atomic E-state index is 0.182. The zero-order chi connectivity index (χ0) is 15.9. The topological polar surface area (TPSA) is 77.2 Å². The Morgan fingerprint density at radius 3 is 2.78 bits per heavy atom. The lowest BCUT2D eigenvalue weighted by atomic mass is 10.1. The molecule has 0 amide bonds. The van der Waals surface area contributed by atoms with Gasteiger partial charge in [0.2, 0.25) is 4.96 Å². The summed E-state index contributed by atoms with van der Waals surface area (Å²) < 4.78 is 24.9. The Kier molecular flexibility index (Phi) is 3.65. The van der Waals surface area contributed by atoms with E-state index in [0.717, 1.165) is 22.2 Å². The molecule has 3 heterocycles. The van der Waals surface area contributed by atoms with Crippen LogP contribution >= 0.6 is 11.3 Å². The van der Waals surface area contributed by atoms with Crippen molar-refractivity contribution >= 4 is 26.1 Å². The third-order valence-electron chi connectivity index (χ3n) is 4.09. The summed E-state index contributed by atoms with van der Waals surface area (Å²) in [5.41, 5.74) is 1.17. The summed E-state index contributed by atoms with van der Waals surface area (Å²) in [6.07, 6.45) is 2.13. The standard InChI is InChI=1S/C15H16N4O2S2/c20-23(21)7-6-12(10-23)9-14-18-19-13(16-17-15(19)22-14)8-11-4-2-1-3-5-11/h1-5,12H,6-10H2/t12-/m0/s1. The summed E-state index contributed by atoms with van der Waals surface area (Å²) in [6, 6.07) is 10.1. The molecule has 0 N–H and O–H groups in total. The molecular weight excluding hydrogens is 332 g/mol. The van der Waals surface area contributed by atoms with Crippen LogP contribution in [0.5, 0.6) is 0 Å². The molecule has 0 saturated carbocycles. The van der Waals surface area contributed by atoms with Gasteiger partial charge in [-0.2, -0.15) is 9.61 Å². The van der Waals surface area contributed by atoms with E-state index in [1.807, 2.05) is 18.2 Å². The van der Waals surface area contributed by atoms with E-state index in [4.69, 9.17) is 0 Å². The van der Waals surface area contributed by atoms with Crippen molar-refractivity contribution in [1.29, 1.82) is 0 Å².